The third-order valence-electron chi connectivity index (χ3n) is 4.58. The van der Waals surface area contributed by atoms with Gasteiger partial charge in [0.1, 0.15) is 0 Å². The van der Waals surface area contributed by atoms with Crippen LogP contribution < -0.4 is 5.32 Å². The number of nitrogens with one attached hydrogen (secondary N) is 1. The van der Waals surface area contributed by atoms with Crippen molar-refractivity contribution in [1.29, 1.82) is 0 Å². The van der Waals surface area contributed by atoms with Crippen LogP contribution in [0.25, 0.3) is 0 Å². The first-order valence-corrected chi connectivity index (χ1v) is 7.99. The highest BCUT2D eigenvalue weighted by Crippen LogP contribution is 2.23. The second-order valence-corrected chi connectivity index (χ2v) is 6.50. The topological polar surface area (TPSA) is 12.0 Å². The standard InChI is InChI=1S/C18H29N/c1-14(2)17-11-9-16(10-12-17)13-19-18-8-6-4-5-7-15(18)3/h9-12,14-15,18-19H,4-8,13H2,1-3H3. The van der Waals surface area contributed by atoms with Crippen LogP contribution in [0.4, 0.5) is 0 Å². The SMILES string of the molecule is CC(C)c1ccc(CNC2CCCCCC2C)cc1. The molecule has 1 aliphatic carbocycles. The van der Waals surface area contributed by atoms with Gasteiger partial charge in [-0.3, -0.25) is 0 Å². The number of hydrogen-bond donors (Lipinski definition) is 1. The first kappa shape index (κ1) is 14.6. The van der Waals surface area contributed by atoms with Crippen LogP contribution in [0, 0.1) is 5.92 Å². The molecule has 1 aromatic carbocycles. The van der Waals surface area contributed by atoms with Crippen LogP contribution in [-0.4, -0.2) is 6.04 Å². The molecule has 2 atom stereocenters. The average molecular weight is 259 g/mol. The molecule has 1 aromatic rings. The van der Waals surface area contributed by atoms with Gasteiger partial charge in [-0.1, -0.05) is 64.3 Å². The molecule has 2 rings (SSSR count). The summed E-state index contributed by atoms with van der Waals surface area (Å²) in [5.41, 5.74) is 2.85. The van der Waals surface area contributed by atoms with E-state index in [4.69, 9.17) is 0 Å². The van der Waals surface area contributed by atoms with Crippen LogP contribution >= 0.6 is 0 Å². The highest BCUT2D eigenvalue weighted by molar-refractivity contribution is 5.24. The van der Waals surface area contributed by atoms with E-state index in [0.717, 1.165) is 12.5 Å². The van der Waals surface area contributed by atoms with Gasteiger partial charge >= 0.3 is 0 Å². The van der Waals surface area contributed by atoms with Crippen molar-refractivity contribution in [3.8, 4) is 0 Å². The number of rotatable bonds is 4. The van der Waals surface area contributed by atoms with Crippen molar-refractivity contribution >= 4 is 0 Å². The predicted molar refractivity (Wildman–Crippen MR) is 83.4 cm³/mol. The van der Waals surface area contributed by atoms with Crippen LogP contribution in [0.15, 0.2) is 24.3 Å². The van der Waals surface area contributed by atoms with Crippen molar-refractivity contribution in [2.24, 2.45) is 5.92 Å². The quantitative estimate of drug-likeness (QED) is 0.761. The molecule has 0 saturated heterocycles. The van der Waals surface area contributed by atoms with Crippen LogP contribution in [0.2, 0.25) is 0 Å². The Hall–Kier alpha value is -0.820. The average Bonchev–Trinajstić information content (AvgIpc) is 2.61. The molecule has 0 aliphatic heterocycles. The third kappa shape index (κ3) is 4.35. The fourth-order valence-corrected chi connectivity index (χ4v) is 3.07. The van der Waals surface area contributed by atoms with Gasteiger partial charge in [-0.25, -0.2) is 0 Å². The van der Waals surface area contributed by atoms with Crippen molar-refractivity contribution in [1.82, 2.24) is 5.32 Å². The molecule has 0 aromatic heterocycles. The Kier molecular flexibility index (Phi) is 5.45. The van der Waals surface area contributed by atoms with Gasteiger partial charge in [0.05, 0.1) is 0 Å². The summed E-state index contributed by atoms with van der Waals surface area (Å²) >= 11 is 0. The molecule has 2 unspecified atom stereocenters. The van der Waals surface area contributed by atoms with Crippen LogP contribution in [0.5, 0.6) is 0 Å². The maximum Gasteiger partial charge on any atom is 0.0208 e. The molecular weight excluding hydrogens is 230 g/mol. The maximum absolute atomic E-state index is 3.78. The van der Waals surface area contributed by atoms with E-state index in [0.29, 0.717) is 12.0 Å². The fraction of sp³-hybridized carbons (Fsp3) is 0.667. The van der Waals surface area contributed by atoms with Crippen LogP contribution in [0.3, 0.4) is 0 Å². The first-order valence-electron chi connectivity index (χ1n) is 7.99. The van der Waals surface area contributed by atoms with Gasteiger partial charge < -0.3 is 5.32 Å². The minimum Gasteiger partial charge on any atom is -0.310 e. The molecule has 19 heavy (non-hydrogen) atoms. The van der Waals surface area contributed by atoms with Crippen LogP contribution in [-0.2, 0) is 6.54 Å². The summed E-state index contributed by atoms with van der Waals surface area (Å²) in [6, 6.07) is 9.83. The van der Waals surface area contributed by atoms with E-state index in [-0.39, 0.29) is 0 Å². The summed E-state index contributed by atoms with van der Waals surface area (Å²) in [4.78, 5) is 0. The Labute approximate surface area is 118 Å². The summed E-state index contributed by atoms with van der Waals surface area (Å²) in [6.45, 7) is 7.93. The molecule has 1 aliphatic rings. The van der Waals surface area contributed by atoms with E-state index in [9.17, 15) is 0 Å². The summed E-state index contributed by atoms with van der Waals surface area (Å²) in [5.74, 6) is 1.46. The van der Waals surface area contributed by atoms with E-state index in [1.165, 1.54) is 43.2 Å². The molecule has 0 heterocycles. The fourth-order valence-electron chi connectivity index (χ4n) is 3.07. The van der Waals surface area contributed by atoms with E-state index in [1.54, 1.807) is 0 Å². The zero-order valence-electron chi connectivity index (χ0n) is 12.8. The predicted octanol–water partition coefficient (Wildman–Crippen LogP) is 4.87. The second-order valence-electron chi connectivity index (χ2n) is 6.50. The highest BCUT2D eigenvalue weighted by Gasteiger charge is 2.18. The number of benzene rings is 1. The monoisotopic (exact) mass is 259 g/mol. The maximum atomic E-state index is 3.78. The minimum atomic E-state index is 0.629. The zero-order valence-corrected chi connectivity index (χ0v) is 12.8. The number of hydrogen-bond acceptors (Lipinski definition) is 1. The molecule has 0 radical (unpaired) electrons. The molecule has 1 heteroatoms. The van der Waals surface area contributed by atoms with Gasteiger partial charge in [-0.05, 0) is 35.8 Å². The van der Waals surface area contributed by atoms with E-state index < -0.39 is 0 Å². The summed E-state index contributed by atoms with van der Waals surface area (Å²) in [7, 11) is 0. The lowest BCUT2D eigenvalue weighted by Gasteiger charge is -2.23. The summed E-state index contributed by atoms with van der Waals surface area (Å²) in [5, 5.41) is 3.78. The van der Waals surface area contributed by atoms with E-state index >= 15 is 0 Å². The van der Waals surface area contributed by atoms with Crippen molar-refractivity contribution in [2.75, 3.05) is 0 Å². The molecule has 1 N–H and O–H groups in total. The molecule has 0 amide bonds. The summed E-state index contributed by atoms with van der Waals surface area (Å²) < 4.78 is 0. The van der Waals surface area contributed by atoms with Crippen molar-refractivity contribution in [3.63, 3.8) is 0 Å². The highest BCUT2D eigenvalue weighted by atomic mass is 14.9. The van der Waals surface area contributed by atoms with E-state index in [2.05, 4.69) is 50.4 Å². The minimum absolute atomic E-state index is 0.629. The zero-order chi connectivity index (χ0) is 13.7. The molecule has 1 saturated carbocycles. The lowest BCUT2D eigenvalue weighted by atomic mass is 9.96. The van der Waals surface area contributed by atoms with Gasteiger partial charge in [0, 0.05) is 12.6 Å². The van der Waals surface area contributed by atoms with Gasteiger partial charge in [0.2, 0.25) is 0 Å². The van der Waals surface area contributed by atoms with Crippen molar-refractivity contribution in [2.45, 2.75) is 71.4 Å². The lowest BCUT2D eigenvalue weighted by Crippen LogP contribution is -2.33. The normalized spacial score (nSPS) is 24.4. The molecule has 1 nitrogen and oxygen atoms in total. The van der Waals surface area contributed by atoms with Crippen LogP contribution in [0.1, 0.15) is 69.9 Å². The Morgan fingerprint density at radius 1 is 1.05 bits per heavy atom. The van der Waals surface area contributed by atoms with Gasteiger partial charge in [-0.15, -0.1) is 0 Å². The van der Waals surface area contributed by atoms with E-state index in [1.807, 2.05) is 0 Å². The first-order chi connectivity index (χ1) is 9.16. The molecule has 106 valence electrons. The van der Waals surface area contributed by atoms with Crippen molar-refractivity contribution in [3.05, 3.63) is 35.4 Å². The Balaban J connectivity index is 1.87. The molecular formula is C18H29N. The van der Waals surface area contributed by atoms with Gasteiger partial charge in [0.15, 0.2) is 0 Å². The Morgan fingerprint density at radius 3 is 2.42 bits per heavy atom. The van der Waals surface area contributed by atoms with Gasteiger partial charge in [-0.2, -0.15) is 0 Å². The second kappa shape index (κ2) is 7.09. The third-order valence-corrected chi connectivity index (χ3v) is 4.58. The largest absolute Gasteiger partial charge is 0.310 e. The Bertz CT molecular complexity index is 366. The van der Waals surface area contributed by atoms with Gasteiger partial charge in [0.25, 0.3) is 0 Å². The summed E-state index contributed by atoms with van der Waals surface area (Å²) in [6.07, 6.45) is 6.98. The smallest absolute Gasteiger partial charge is 0.0208 e. The Morgan fingerprint density at radius 2 is 1.74 bits per heavy atom. The van der Waals surface area contributed by atoms with Crippen molar-refractivity contribution < 1.29 is 0 Å². The molecule has 1 fully saturated rings. The molecule has 0 bridgehead atoms. The lowest BCUT2D eigenvalue weighted by molar-refractivity contribution is 0.356. The molecule has 0 spiro atoms.